The highest BCUT2D eigenvalue weighted by Gasteiger charge is 2.68. The first kappa shape index (κ1) is 29.3. The standard InChI is InChI=1S/C35H43NO5S/c1-7-40-31-19-35-30(41-31)16-13-24(4)34(35,6)18-17-23(3)33(35)25(5)28-20-36(29-10-8-9-26(21-37)32(28)29)42(38,39)27-14-11-22(2)12-15-27/h8-12,14-15,20-21,23-24,30-31,33H,5,7,13,16-19H2,1-4,6H3/t23-,24-,30+,31-,33+,34+,35+/m1/s1. The lowest BCUT2D eigenvalue weighted by Crippen LogP contribution is -2.60. The van der Waals surface area contributed by atoms with Crippen molar-refractivity contribution in [3.05, 3.63) is 71.9 Å². The number of carbonyl (C=O) groups is 1. The Labute approximate surface area is 250 Å². The molecule has 6 nitrogen and oxygen atoms in total. The van der Waals surface area contributed by atoms with E-state index >= 15 is 0 Å². The summed E-state index contributed by atoms with van der Waals surface area (Å²) in [4.78, 5) is 12.6. The van der Waals surface area contributed by atoms with Gasteiger partial charge in [-0.2, -0.15) is 0 Å². The monoisotopic (exact) mass is 589 g/mol. The Morgan fingerprint density at radius 3 is 2.57 bits per heavy atom. The fourth-order valence-electron chi connectivity index (χ4n) is 8.98. The summed E-state index contributed by atoms with van der Waals surface area (Å²) in [6.45, 7) is 16.4. The average Bonchev–Trinajstić information content (AvgIpc) is 3.54. The number of fused-ring (bicyclic) bond motifs is 1. The van der Waals surface area contributed by atoms with Crippen molar-refractivity contribution in [2.75, 3.05) is 6.61 Å². The number of aryl methyl sites for hydroxylation is 1. The number of ether oxygens (including phenoxy) is 2. The van der Waals surface area contributed by atoms with E-state index in [4.69, 9.17) is 16.1 Å². The summed E-state index contributed by atoms with van der Waals surface area (Å²) in [6, 6.07) is 12.2. The van der Waals surface area contributed by atoms with Gasteiger partial charge in [-0.25, -0.2) is 12.4 Å². The molecule has 224 valence electrons. The highest BCUT2D eigenvalue weighted by Crippen LogP contribution is 2.71. The summed E-state index contributed by atoms with van der Waals surface area (Å²) < 4.78 is 42.3. The number of allylic oxidation sites excluding steroid dienone is 1. The lowest BCUT2D eigenvalue weighted by molar-refractivity contribution is -0.176. The van der Waals surface area contributed by atoms with Crippen molar-refractivity contribution in [3.63, 3.8) is 0 Å². The lowest BCUT2D eigenvalue weighted by atomic mass is 9.40. The molecule has 1 aliphatic heterocycles. The van der Waals surface area contributed by atoms with Crippen LogP contribution in [-0.2, 0) is 19.5 Å². The first-order valence-electron chi connectivity index (χ1n) is 15.4. The van der Waals surface area contributed by atoms with Crippen LogP contribution in [0.4, 0.5) is 0 Å². The quantitative estimate of drug-likeness (QED) is 0.265. The second-order valence-corrected chi connectivity index (χ2v) is 15.0. The van der Waals surface area contributed by atoms with Crippen molar-refractivity contribution in [1.82, 2.24) is 3.97 Å². The van der Waals surface area contributed by atoms with E-state index in [9.17, 15) is 13.2 Å². The van der Waals surface area contributed by atoms with Crippen molar-refractivity contribution in [2.24, 2.45) is 28.6 Å². The van der Waals surface area contributed by atoms with Crippen molar-refractivity contribution < 1.29 is 22.7 Å². The Balaban J connectivity index is 1.56. The van der Waals surface area contributed by atoms with E-state index in [1.54, 1.807) is 48.7 Å². The predicted octanol–water partition coefficient (Wildman–Crippen LogP) is 7.63. The summed E-state index contributed by atoms with van der Waals surface area (Å²) in [5.41, 5.74) is 3.37. The first-order chi connectivity index (χ1) is 20.0. The van der Waals surface area contributed by atoms with Crippen LogP contribution in [0.3, 0.4) is 0 Å². The zero-order valence-corrected chi connectivity index (χ0v) is 26.2. The van der Waals surface area contributed by atoms with E-state index in [-0.39, 0.29) is 34.0 Å². The predicted molar refractivity (Wildman–Crippen MR) is 166 cm³/mol. The lowest BCUT2D eigenvalue weighted by Gasteiger charge is -2.64. The molecular formula is C35H43NO5S. The normalized spacial score (nSPS) is 32.8. The van der Waals surface area contributed by atoms with Crippen LogP contribution in [0.2, 0.25) is 0 Å². The molecule has 0 unspecified atom stereocenters. The van der Waals surface area contributed by atoms with Crippen LogP contribution in [0, 0.1) is 35.5 Å². The molecule has 7 heteroatoms. The van der Waals surface area contributed by atoms with Crippen LogP contribution in [0.5, 0.6) is 0 Å². The molecule has 1 saturated heterocycles. The highest BCUT2D eigenvalue weighted by molar-refractivity contribution is 7.90. The van der Waals surface area contributed by atoms with Gasteiger partial charge in [0.1, 0.15) is 0 Å². The largest absolute Gasteiger partial charge is 0.353 e. The molecule has 7 atom stereocenters. The van der Waals surface area contributed by atoms with E-state index in [1.165, 1.54) is 3.97 Å². The summed E-state index contributed by atoms with van der Waals surface area (Å²) in [5.74, 6) is 0.850. The third kappa shape index (κ3) is 4.10. The van der Waals surface area contributed by atoms with Gasteiger partial charge in [-0.15, -0.1) is 0 Å². The molecule has 42 heavy (non-hydrogen) atoms. The van der Waals surface area contributed by atoms with Gasteiger partial charge >= 0.3 is 0 Å². The van der Waals surface area contributed by atoms with Crippen molar-refractivity contribution in [2.45, 2.75) is 84.0 Å². The number of carbonyl (C=O) groups excluding carboxylic acids is 1. The molecular weight excluding hydrogens is 546 g/mol. The fourth-order valence-corrected chi connectivity index (χ4v) is 10.3. The fraction of sp³-hybridized carbons (Fsp3) is 0.514. The molecule has 3 fully saturated rings. The van der Waals surface area contributed by atoms with E-state index in [1.807, 2.05) is 13.8 Å². The maximum atomic E-state index is 14.1. The van der Waals surface area contributed by atoms with Crippen LogP contribution in [0.15, 0.2) is 60.1 Å². The molecule has 1 aromatic heterocycles. The Morgan fingerprint density at radius 2 is 1.88 bits per heavy atom. The third-order valence-electron chi connectivity index (χ3n) is 11.3. The number of nitrogens with zero attached hydrogens (tertiary/aromatic N) is 1. The SMILES string of the molecule is C=C(c1cn(S(=O)(=O)c2ccc(C)cc2)c2cccc(C=O)c12)[C@@H]1[C@H](C)CC[C@@]2(C)[C@H](C)CC[C@@H]3O[C@@H](OCC)C[C@]312. The molecule has 6 rings (SSSR count). The van der Waals surface area contributed by atoms with Crippen LogP contribution < -0.4 is 0 Å². The van der Waals surface area contributed by atoms with Crippen molar-refractivity contribution in [3.8, 4) is 0 Å². The third-order valence-corrected chi connectivity index (χ3v) is 12.9. The zero-order chi connectivity index (χ0) is 30.0. The second kappa shape index (κ2) is 10.5. The number of aromatic nitrogens is 1. The summed E-state index contributed by atoms with van der Waals surface area (Å²) in [6.07, 6.45) is 7.35. The Kier molecular flexibility index (Phi) is 7.31. The van der Waals surface area contributed by atoms with Crippen LogP contribution in [0.25, 0.3) is 16.5 Å². The van der Waals surface area contributed by atoms with Crippen molar-refractivity contribution in [1.29, 1.82) is 0 Å². The van der Waals surface area contributed by atoms with E-state index in [2.05, 4.69) is 20.8 Å². The van der Waals surface area contributed by atoms with Gasteiger partial charge in [-0.3, -0.25) is 4.79 Å². The minimum Gasteiger partial charge on any atom is -0.353 e. The molecule has 1 spiro atoms. The molecule has 2 saturated carbocycles. The van der Waals surface area contributed by atoms with E-state index < -0.39 is 10.0 Å². The maximum absolute atomic E-state index is 14.1. The maximum Gasteiger partial charge on any atom is 0.268 e. The number of rotatable bonds is 7. The van der Waals surface area contributed by atoms with Crippen LogP contribution in [0.1, 0.15) is 81.3 Å². The van der Waals surface area contributed by atoms with E-state index in [0.717, 1.165) is 55.1 Å². The Bertz CT molecular complexity index is 1640. The van der Waals surface area contributed by atoms with Gasteiger partial charge in [0.15, 0.2) is 12.6 Å². The van der Waals surface area contributed by atoms with Gasteiger partial charge < -0.3 is 9.47 Å². The Morgan fingerprint density at radius 1 is 1.14 bits per heavy atom. The van der Waals surface area contributed by atoms with Gasteiger partial charge in [-0.1, -0.05) is 57.2 Å². The number of aldehydes is 1. The van der Waals surface area contributed by atoms with Gasteiger partial charge in [0.2, 0.25) is 0 Å². The molecule has 2 aromatic carbocycles. The zero-order valence-electron chi connectivity index (χ0n) is 25.4. The smallest absolute Gasteiger partial charge is 0.268 e. The minimum absolute atomic E-state index is 0.0156. The van der Waals surface area contributed by atoms with E-state index in [0.29, 0.717) is 34.9 Å². The minimum atomic E-state index is -3.93. The van der Waals surface area contributed by atoms with Gasteiger partial charge in [-0.05, 0) is 86.5 Å². The van der Waals surface area contributed by atoms with Gasteiger partial charge in [0.25, 0.3) is 10.0 Å². The molecule has 0 amide bonds. The van der Waals surface area contributed by atoms with Crippen molar-refractivity contribution >= 4 is 32.8 Å². The summed E-state index contributed by atoms with van der Waals surface area (Å²) >= 11 is 0. The molecule has 0 bridgehead atoms. The van der Waals surface area contributed by atoms with Gasteiger partial charge in [0, 0.05) is 41.2 Å². The van der Waals surface area contributed by atoms with Gasteiger partial charge in [0.05, 0.1) is 16.5 Å². The summed E-state index contributed by atoms with van der Waals surface area (Å²) in [7, 11) is -3.93. The first-order valence-corrected chi connectivity index (χ1v) is 16.8. The second-order valence-electron chi connectivity index (χ2n) is 13.2. The molecule has 3 aliphatic rings. The number of hydrogen-bond donors (Lipinski definition) is 0. The molecule has 2 heterocycles. The molecule has 3 aromatic rings. The average molecular weight is 590 g/mol. The van der Waals surface area contributed by atoms with Crippen LogP contribution >= 0.6 is 0 Å². The molecule has 2 aliphatic carbocycles. The molecule has 0 radical (unpaired) electrons. The van der Waals surface area contributed by atoms with Crippen LogP contribution in [-0.4, -0.2) is 37.7 Å². The number of hydrogen-bond acceptors (Lipinski definition) is 5. The highest BCUT2D eigenvalue weighted by atomic mass is 32.2. The molecule has 0 N–H and O–H groups in total. The topological polar surface area (TPSA) is 74.6 Å². The number of benzene rings is 2. The summed E-state index contributed by atoms with van der Waals surface area (Å²) in [5, 5.41) is 0.643. The Hall–Kier alpha value is -2.74.